The summed E-state index contributed by atoms with van der Waals surface area (Å²) in [5, 5.41) is 9.85. The summed E-state index contributed by atoms with van der Waals surface area (Å²) in [5.41, 5.74) is -0.190. The number of aliphatic imine (C=N–C) groups is 1. The summed E-state index contributed by atoms with van der Waals surface area (Å²) in [6.45, 7) is 1.61. The van der Waals surface area contributed by atoms with E-state index in [0.717, 1.165) is 6.21 Å². The van der Waals surface area contributed by atoms with Crippen LogP contribution in [0.25, 0.3) is 0 Å². The highest BCUT2D eigenvalue weighted by atomic mass is 31.2. The molecule has 0 saturated carbocycles. The molecule has 122 valence electrons. The second-order valence-electron chi connectivity index (χ2n) is 4.80. The van der Waals surface area contributed by atoms with Gasteiger partial charge >= 0.3 is 7.60 Å². The van der Waals surface area contributed by atoms with E-state index in [0.29, 0.717) is 11.3 Å². The molecule has 1 aromatic carbocycles. The molecule has 2 rings (SSSR count). The largest absolute Gasteiger partial charge is 0.504 e. The number of nitrogens with zero attached hydrogens (tertiary/aromatic N) is 3. The van der Waals surface area contributed by atoms with Gasteiger partial charge < -0.3 is 19.6 Å². The number of benzene rings is 1. The number of hydrogen-bond donors (Lipinski definition) is 3. The molecule has 1 heterocycles. The maximum Gasteiger partial charge on any atom is 0.338 e. The summed E-state index contributed by atoms with van der Waals surface area (Å²) < 4.78 is 16.8. The Morgan fingerprint density at radius 2 is 1.96 bits per heavy atom. The average Bonchev–Trinajstić information content (AvgIpc) is 2.50. The van der Waals surface area contributed by atoms with E-state index in [2.05, 4.69) is 15.0 Å². The van der Waals surface area contributed by atoms with Crippen LogP contribution in [0, 0.1) is 6.92 Å². The molecule has 8 nitrogen and oxygen atoms in total. The van der Waals surface area contributed by atoms with Crippen LogP contribution in [0.15, 0.2) is 35.8 Å². The zero-order chi connectivity index (χ0) is 17.0. The maximum atomic E-state index is 11.8. The summed E-state index contributed by atoms with van der Waals surface area (Å²) in [6.07, 6.45) is 5.31. The van der Waals surface area contributed by atoms with Gasteiger partial charge in [0.1, 0.15) is 12.0 Å². The molecular weight excluding hydrogens is 321 g/mol. The van der Waals surface area contributed by atoms with Crippen molar-refractivity contribution in [2.45, 2.75) is 12.6 Å². The number of aryl methyl sites for hydroxylation is 1. The molecule has 0 fully saturated rings. The van der Waals surface area contributed by atoms with Gasteiger partial charge in [-0.15, -0.1) is 0 Å². The number of rotatable bonds is 5. The van der Waals surface area contributed by atoms with Gasteiger partial charge in [-0.25, -0.2) is 9.97 Å². The Hall–Kier alpha value is -2.28. The lowest BCUT2D eigenvalue weighted by atomic mass is 10.1. The average molecular weight is 337 g/mol. The molecule has 0 saturated heterocycles. The Labute approximate surface area is 132 Å². The molecular formula is C14H16N3O5P. The quantitative estimate of drug-likeness (QED) is 0.563. The van der Waals surface area contributed by atoms with Crippen molar-refractivity contribution in [3.8, 4) is 11.5 Å². The van der Waals surface area contributed by atoms with Crippen molar-refractivity contribution in [3.63, 3.8) is 0 Å². The van der Waals surface area contributed by atoms with Gasteiger partial charge in [0.05, 0.1) is 25.2 Å². The Morgan fingerprint density at radius 1 is 1.30 bits per heavy atom. The number of hydrogen-bond acceptors (Lipinski definition) is 6. The number of ether oxygens (including phenoxy) is 1. The summed E-state index contributed by atoms with van der Waals surface area (Å²) in [6, 6.07) is 2.86. The second kappa shape index (κ2) is 6.87. The van der Waals surface area contributed by atoms with Gasteiger partial charge in [-0.3, -0.25) is 9.56 Å². The highest BCUT2D eigenvalue weighted by molar-refractivity contribution is 7.53. The molecule has 1 atom stereocenters. The van der Waals surface area contributed by atoms with Crippen LogP contribution in [-0.2, 0) is 4.57 Å². The monoisotopic (exact) mass is 337 g/mol. The first-order valence-electron chi connectivity index (χ1n) is 6.55. The summed E-state index contributed by atoms with van der Waals surface area (Å²) >= 11 is 0. The molecule has 0 radical (unpaired) electrons. The first kappa shape index (κ1) is 17.1. The molecule has 2 aromatic rings. The SMILES string of the molecule is COc1cc(C(C=Nc2cncnc2)P(=O)(O)O)cc(C)c1O. The zero-order valence-electron chi connectivity index (χ0n) is 12.5. The fourth-order valence-electron chi connectivity index (χ4n) is 1.98. The number of methoxy groups -OCH3 is 1. The highest BCUT2D eigenvalue weighted by Gasteiger charge is 2.30. The van der Waals surface area contributed by atoms with Crippen LogP contribution in [0.5, 0.6) is 11.5 Å². The van der Waals surface area contributed by atoms with Crippen LogP contribution in [0.2, 0.25) is 0 Å². The molecule has 0 aliphatic carbocycles. The topological polar surface area (TPSA) is 125 Å². The first-order valence-corrected chi connectivity index (χ1v) is 8.23. The third kappa shape index (κ3) is 4.13. The molecule has 0 aliphatic heterocycles. The predicted octanol–water partition coefficient (Wildman–Crippen LogP) is 2.12. The van der Waals surface area contributed by atoms with Gasteiger partial charge in [-0.1, -0.05) is 6.07 Å². The normalized spacial score (nSPS) is 13.2. The van der Waals surface area contributed by atoms with E-state index in [-0.39, 0.29) is 17.1 Å². The van der Waals surface area contributed by atoms with Crippen molar-refractivity contribution in [2.24, 2.45) is 4.99 Å². The molecule has 0 bridgehead atoms. The van der Waals surface area contributed by atoms with Crippen LogP contribution < -0.4 is 4.74 Å². The smallest absolute Gasteiger partial charge is 0.338 e. The van der Waals surface area contributed by atoms with Gasteiger partial charge in [0.25, 0.3) is 0 Å². The van der Waals surface area contributed by atoms with Gasteiger partial charge in [-0.05, 0) is 24.1 Å². The molecule has 0 spiro atoms. The van der Waals surface area contributed by atoms with E-state index in [1.54, 1.807) is 6.92 Å². The Balaban J connectivity index is 2.46. The molecule has 0 aliphatic rings. The van der Waals surface area contributed by atoms with Gasteiger partial charge in [0, 0.05) is 6.21 Å². The van der Waals surface area contributed by atoms with Crippen molar-refractivity contribution in [3.05, 3.63) is 42.0 Å². The minimum Gasteiger partial charge on any atom is -0.504 e. The van der Waals surface area contributed by atoms with Crippen LogP contribution in [0.3, 0.4) is 0 Å². The van der Waals surface area contributed by atoms with Crippen LogP contribution in [0.1, 0.15) is 16.8 Å². The number of phenolic OH excluding ortho intramolecular Hbond substituents is 1. The van der Waals surface area contributed by atoms with E-state index in [9.17, 15) is 19.5 Å². The lowest BCUT2D eigenvalue weighted by Crippen LogP contribution is -2.03. The van der Waals surface area contributed by atoms with Crippen LogP contribution >= 0.6 is 7.60 Å². The van der Waals surface area contributed by atoms with Crippen molar-refractivity contribution < 1.29 is 24.2 Å². The van der Waals surface area contributed by atoms with Crippen molar-refractivity contribution in [1.29, 1.82) is 0 Å². The molecule has 23 heavy (non-hydrogen) atoms. The Bertz CT molecular complexity index is 761. The van der Waals surface area contributed by atoms with Gasteiger partial charge in [-0.2, -0.15) is 0 Å². The lowest BCUT2D eigenvalue weighted by Gasteiger charge is -2.17. The highest BCUT2D eigenvalue weighted by Crippen LogP contribution is 2.52. The predicted molar refractivity (Wildman–Crippen MR) is 84.4 cm³/mol. The number of aromatic nitrogens is 2. The van der Waals surface area contributed by atoms with E-state index < -0.39 is 13.3 Å². The first-order chi connectivity index (χ1) is 10.8. The summed E-state index contributed by atoms with van der Waals surface area (Å²) in [4.78, 5) is 30.8. The van der Waals surface area contributed by atoms with Gasteiger partial charge in [0.2, 0.25) is 0 Å². The Morgan fingerprint density at radius 3 is 2.52 bits per heavy atom. The molecule has 0 amide bonds. The second-order valence-corrected chi connectivity index (χ2v) is 6.53. The number of aromatic hydroxyl groups is 1. The Kier molecular flexibility index (Phi) is 5.10. The fraction of sp³-hybridized carbons (Fsp3) is 0.214. The van der Waals surface area contributed by atoms with E-state index in [4.69, 9.17) is 4.74 Å². The maximum absolute atomic E-state index is 11.8. The third-order valence-electron chi connectivity index (χ3n) is 3.12. The number of phenols is 1. The van der Waals surface area contributed by atoms with Crippen molar-refractivity contribution in [2.75, 3.05) is 7.11 Å². The third-order valence-corrected chi connectivity index (χ3v) is 4.28. The van der Waals surface area contributed by atoms with E-state index in [1.165, 1.54) is 38.0 Å². The van der Waals surface area contributed by atoms with E-state index in [1.807, 2.05) is 0 Å². The summed E-state index contributed by atoms with van der Waals surface area (Å²) in [5.74, 6) is 0.0593. The van der Waals surface area contributed by atoms with Crippen LogP contribution in [-0.4, -0.2) is 38.2 Å². The van der Waals surface area contributed by atoms with Crippen molar-refractivity contribution in [1.82, 2.24) is 9.97 Å². The molecule has 1 aromatic heterocycles. The minimum absolute atomic E-state index is 0.0749. The minimum atomic E-state index is -4.53. The molecule has 1 unspecified atom stereocenters. The zero-order valence-corrected chi connectivity index (χ0v) is 13.4. The standard InChI is InChI=1S/C14H16N3O5P/c1-9-3-10(4-12(22-2)14(9)18)13(23(19,20)21)7-17-11-5-15-8-16-6-11/h3-8,13,18H,1-2H3,(H2,19,20,21). The van der Waals surface area contributed by atoms with Crippen molar-refractivity contribution >= 4 is 19.5 Å². The van der Waals surface area contributed by atoms with E-state index >= 15 is 0 Å². The van der Waals surface area contributed by atoms with Crippen LogP contribution in [0.4, 0.5) is 5.69 Å². The summed E-state index contributed by atoms with van der Waals surface area (Å²) in [7, 11) is -3.17. The fourth-order valence-corrected chi connectivity index (χ4v) is 2.76. The van der Waals surface area contributed by atoms with Gasteiger partial charge in [0.15, 0.2) is 11.5 Å². The lowest BCUT2D eigenvalue weighted by molar-refractivity contribution is 0.365. The molecule has 9 heteroatoms. The molecule has 3 N–H and O–H groups in total.